The minimum atomic E-state index is -1.84. The van der Waals surface area contributed by atoms with Gasteiger partial charge in [0.2, 0.25) is 5.95 Å². The lowest BCUT2D eigenvalue weighted by molar-refractivity contribution is -0.0194. The van der Waals surface area contributed by atoms with Gasteiger partial charge in [-0.25, -0.2) is 14.4 Å². The predicted molar refractivity (Wildman–Crippen MR) is 121 cm³/mol. The molecule has 1 aromatic heterocycles. The molecular formula is C22H38FN3O3Si. The first kappa shape index (κ1) is 24.9. The van der Waals surface area contributed by atoms with E-state index in [9.17, 15) is 0 Å². The van der Waals surface area contributed by atoms with Gasteiger partial charge in [-0.05, 0) is 24.2 Å². The average molecular weight is 440 g/mol. The molecule has 0 aliphatic carbocycles. The summed E-state index contributed by atoms with van der Waals surface area (Å²) < 4.78 is 32.0. The summed E-state index contributed by atoms with van der Waals surface area (Å²) in [6.07, 6.45) is 4.24. The Morgan fingerprint density at radius 3 is 2.53 bits per heavy atom. The SMILES string of the molecule is C=CCOCCOCC1(F)CCN(c2nccc(CO[Si](C)(C)C(C)(C)C)n2)CC1. The summed E-state index contributed by atoms with van der Waals surface area (Å²) in [5.74, 6) is 0.645. The van der Waals surface area contributed by atoms with Crippen molar-refractivity contribution in [2.24, 2.45) is 0 Å². The molecule has 0 N–H and O–H groups in total. The highest BCUT2D eigenvalue weighted by Crippen LogP contribution is 2.37. The van der Waals surface area contributed by atoms with Crippen LogP contribution in [0.4, 0.5) is 10.3 Å². The maximum Gasteiger partial charge on any atom is 0.225 e. The van der Waals surface area contributed by atoms with Gasteiger partial charge in [0, 0.05) is 32.1 Å². The van der Waals surface area contributed by atoms with E-state index in [-0.39, 0.29) is 11.6 Å². The van der Waals surface area contributed by atoms with Crippen molar-refractivity contribution in [1.29, 1.82) is 0 Å². The maximum atomic E-state index is 15.0. The van der Waals surface area contributed by atoms with Crippen LogP contribution in [-0.2, 0) is 20.5 Å². The van der Waals surface area contributed by atoms with E-state index in [1.54, 1.807) is 12.3 Å². The highest BCUT2D eigenvalue weighted by atomic mass is 28.4. The van der Waals surface area contributed by atoms with Gasteiger partial charge in [-0.1, -0.05) is 26.8 Å². The highest BCUT2D eigenvalue weighted by molar-refractivity contribution is 6.74. The summed E-state index contributed by atoms with van der Waals surface area (Å²) >= 11 is 0. The Bertz CT molecular complexity index is 674. The average Bonchev–Trinajstić information content (AvgIpc) is 2.69. The normalized spacial score (nSPS) is 17.2. The zero-order valence-electron chi connectivity index (χ0n) is 19.2. The van der Waals surface area contributed by atoms with E-state index in [0.29, 0.717) is 58.3 Å². The Balaban J connectivity index is 1.83. The Kier molecular flexibility index (Phi) is 8.96. The molecule has 8 heteroatoms. The van der Waals surface area contributed by atoms with Gasteiger partial charge < -0.3 is 18.8 Å². The van der Waals surface area contributed by atoms with Crippen molar-refractivity contribution in [1.82, 2.24) is 9.97 Å². The summed E-state index contributed by atoms with van der Waals surface area (Å²) in [6, 6.07) is 1.89. The summed E-state index contributed by atoms with van der Waals surface area (Å²) in [5, 5.41) is 0.153. The van der Waals surface area contributed by atoms with E-state index >= 15 is 4.39 Å². The number of anilines is 1. The van der Waals surface area contributed by atoms with Crippen LogP contribution in [0.3, 0.4) is 0 Å². The van der Waals surface area contributed by atoms with E-state index in [0.717, 1.165) is 5.69 Å². The van der Waals surface area contributed by atoms with Gasteiger partial charge in [-0.3, -0.25) is 0 Å². The van der Waals surface area contributed by atoms with Gasteiger partial charge in [0.15, 0.2) is 8.32 Å². The van der Waals surface area contributed by atoms with Crippen molar-refractivity contribution in [2.75, 3.05) is 44.4 Å². The first-order chi connectivity index (χ1) is 14.1. The predicted octanol–water partition coefficient (Wildman–Crippen LogP) is 4.53. The molecule has 0 unspecified atom stereocenters. The van der Waals surface area contributed by atoms with Gasteiger partial charge >= 0.3 is 0 Å². The van der Waals surface area contributed by atoms with Gasteiger partial charge in [0.25, 0.3) is 0 Å². The quantitative estimate of drug-likeness (QED) is 0.287. The first-order valence-electron chi connectivity index (χ1n) is 10.7. The van der Waals surface area contributed by atoms with Crippen molar-refractivity contribution in [3.05, 3.63) is 30.6 Å². The van der Waals surface area contributed by atoms with E-state index in [1.807, 2.05) is 11.0 Å². The molecule has 1 aromatic rings. The summed E-state index contributed by atoms with van der Waals surface area (Å²) in [6.45, 7) is 17.8. The van der Waals surface area contributed by atoms with E-state index in [1.165, 1.54) is 0 Å². The molecular weight excluding hydrogens is 401 g/mol. The molecule has 1 fully saturated rings. The molecule has 0 saturated carbocycles. The molecule has 30 heavy (non-hydrogen) atoms. The van der Waals surface area contributed by atoms with E-state index in [2.05, 4.69) is 50.4 Å². The number of piperidine rings is 1. The van der Waals surface area contributed by atoms with Crippen LogP contribution in [0.15, 0.2) is 24.9 Å². The lowest BCUT2D eigenvalue weighted by Gasteiger charge is -2.37. The fourth-order valence-electron chi connectivity index (χ4n) is 2.88. The van der Waals surface area contributed by atoms with Crippen LogP contribution in [0.25, 0.3) is 0 Å². The molecule has 2 rings (SSSR count). The summed E-state index contributed by atoms with van der Waals surface area (Å²) in [7, 11) is -1.84. The third-order valence-electron chi connectivity index (χ3n) is 6.00. The fourth-order valence-corrected chi connectivity index (χ4v) is 3.82. The van der Waals surface area contributed by atoms with Crippen LogP contribution >= 0.6 is 0 Å². The Labute approximate surface area is 182 Å². The number of rotatable bonds is 11. The van der Waals surface area contributed by atoms with E-state index < -0.39 is 14.0 Å². The monoisotopic (exact) mass is 439 g/mol. The lowest BCUT2D eigenvalue weighted by Crippen LogP contribution is -2.45. The van der Waals surface area contributed by atoms with Gasteiger partial charge in [0.1, 0.15) is 5.67 Å². The third kappa shape index (κ3) is 7.41. The minimum absolute atomic E-state index is 0.0968. The number of hydrogen-bond donors (Lipinski definition) is 0. The Morgan fingerprint density at radius 2 is 1.90 bits per heavy atom. The largest absolute Gasteiger partial charge is 0.411 e. The fraction of sp³-hybridized carbons (Fsp3) is 0.727. The van der Waals surface area contributed by atoms with Crippen LogP contribution in [0.1, 0.15) is 39.3 Å². The molecule has 0 atom stereocenters. The maximum absolute atomic E-state index is 15.0. The zero-order valence-corrected chi connectivity index (χ0v) is 20.2. The smallest absolute Gasteiger partial charge is 0.225 e. The number of hydrogen-bond acceptors (Lipinski definition) is 6. The van der Waals surface area contributed by atoms with Crippen molar-refractivity contribution in [3.8, 4) is 0 Å². The highest BCUT2D eigenvalue weighted by Gasteiger charge is 2.37. The van der Waals surface area contributed by atoms with Crippen LogP contribution in [-0.4, -0.2) is 63.5 Å². The van der Waals surface area contributed by atoms with Crippen LogP contribution in [0.2, 0.25) is 18.1 Å². The number of aromatic nitrogens is 2. The topological polar surface area (TPSA) is 56.7 Å². The molecule has 0 amide bonds. The molecule has 0 radical (unpaired) electrons. The molecule has 1 saturated heterocycles. The van der Waals surface area contributed by atoms with Crippen LogP contribution in [0, 0.1) is 0 Å². The molecule has 1 aliphatic rings. The van der Waals surface area contributed by atoms with Crippen molar-refractivity contribution < 1.29 is 18.3 Å². The van der Waals surface area contributed by atoms with Crippen LogP contribution in [0.5, 0.6) is 0 Å². The second-order valence-corrected chi connectivity index (χ2v) is 14.3. The molecule has 0 spiro atoms. The second-order valence-electron chi connectivity index (χ2n) is 9.45. The molecule has 0 bridgehead atoms. The molecule has 0 aromatic carbocycles. The first-order valence-corrected chi connectivity index (χ1v) is 13.6. The van der Waals surface area contributed by atoms with Gasteiger partial charge in [-0.15, -0.1) is 6.58 Å². The molecule has 170 valence electrons. The molecule has 2 heterocycles. The standard InChI is InChI=1S/C22H38FN3O3Si/c1-7-14-27-15-16-28-18-22(23)9-12-26(13-10-22)20-24-11-8-19(25-20)17-29-30(5,6)21(2,3)4/h7-8,11H,1,9-10,12-18H2,2-6H3. The number of alkyl halides is 1. The Morgan fingerprint density at radius 1 is 1.23 bits per heavy atom. The van der Waals surface area contributed by atoms with E-state index in [4.69, 9.17) is 13.9 Å². The van der Waals surface area contributed by atoms with Gasteiger partial charge in [0.05, 0.1) is 38.7 Å². The third-order valence-corrected chi connectivity index (χ3v) is 10.5. The summed E-state index contributed by atoms with van der Waals surface area (Å²) in [5.41, 5.74) is -0.442. The number of nitrogens with zero attached hydrogens (tertiary/aromatic N) is 3. The van der Waals surface area contributed by atoms with Crippen molar-refractivity contribution >= 4 is 14.3 Å². The lowest BCUT2D eigenvalue weighted by atomic mass is 9.94. The zero-order chi connectivity index (χ0) is 22.3. The van der Waals surface area contributed by atoms with Crippen molar-refractivity contribution in [2.45, 2.75) is 64.0 Å². The second kappa shape index (κ2) is 10.8. The molecule has 1 aliphatic heterocycles. The van der Waals surface area contributed by atoms with Gasteiger partial charge in [-0.2, -0.15) is 0 Å². The minimum Gasteiger partial charge on any atom is -0.411 e. The van der Waals surface area contributed by atoms with Crippen LogP contribution < -0.4 is 4.90 Å². The van der Waals surface area contributed by atoms with Crippen molar-refractivity contribution in [3.63, 3.8) is 0 Å². The summed E-state index contributed by atoms with van der Waals surface area (Å²) in [4.78, 5) is 11.1. The number of halogens is 1. The number of ether oxygens (including phenoxy) is 2. The molecule has 6 nitrogen and oxygen atoms in total. The Hall–Kier alpha value is -1.35.